The van der Waals surface area contributed by atoms with Crippen LogP contribution in [0, 0.1) is 26.7 Å². The van der Waals surface area contributed by atoms with E-state index in [1.807, 2.05) is 50.5 Å². The summed E-state index contributed by atoms with van der Waals surface area (Å²) in [5, 5.41) is 6.14. The molecule has 2 amide bonds. The number of anilines is 1. The van der Waals surface area contributed by atoms with E-state index in [0.717, 1.165) is 62.2 Å². The van der Waals surface area contributed by atoms with E-state index in [-0.39, 0.29) is 11.8 Å². The molecular formula is C38H53N5O3. The molecule has 1 aliphatic heterocycles. The third-order valence-corrected chi connectivity index (χ3v) is 9.33. The first-order valence-electron chi connectivity index (χ1n) is 16.8. The lowest BCUT2D eigenvalue weighted by molar-refractivity contribution is 0.0935. The quantitative estimate of drug-likeness (QED) is 0.213. The molecule has 1 fully saturated rings. The van der Waals surface area contributed by atoms with Crippen LogP contribution in [0.25, 0.3) is 0 Å². The minimum atomic E-state index is -0.0929. The van der Waals surface area contributed by atoms with E-state index in [4.69, 9.17) is 4.74 Å². The Bertz CT molecular complexity index is 1420. The van der Waals surface area contributed by atoms with E-state index in [1.165, 1.54) is 16.8 Å². The van der Waals surface area contributed by atoms with Gasteiger partial charge in [0.15, 0.2) is 0 Å². The van der Waals surface area contributed by atoms with Crippen molar-refractivity contribution in [1.82, 2.24) is 20.5 Å². The number of methoxy groups -OCH3 is 1. The molecule has 1 aromatic heterocycles. The van der Waals surface area contributed by atoms with Gasteiger partial charge in [-0.25, -0.2) is 0 Å². The Morgan fingerprint density at radius 2 is 1.54 bits per heavy atom. The van der Waals surface area contributed by atoms with Crippen molar-refractivity contribution in [2.45, 2.75) is 85.9 Å². The lowest BCUT2D eigenvalue weighted by Gasteiger charge is -2.42. The lowest BCUT2D eigenvalue weighted by Crippen LogP contribution is -2.48. The maximum Gasteiger partial charge on any atom is 0.251 e. The molecular weight excluding hydrogens is 574 g/mol. The van der Waals surface area contributed by atoms with Crippen molar-refractivity contribution in [2.75, 3.05) is 38.2 Å². The van der Waals surface area contributed by atoms with Gasteiger partial charge in [0.05, 0.1) is 7.11 Å². The second-order valence-electron chi connectivity index (χ2n) is 13.2. The minimum absolute atomic E-state index is 0.0699. The van der Waals surface area contributed by atoms with Gasteiger partial charge in [-0.2, -0.15) is 0 Å². The van der Waals surface area contributed by atoms with E-state index in [0.29, 0.717) is 42.2 Å². The highest BCUT2D eigenvalue weighted by Crippen LogP contribution is 2.29. The number of piperidine rings is 1. The number of carbonyl (C=O) groups is 2. The Labute approximate surface area is 275 Å². The summed E-state index contributed by atoms with van der Waals surface area (Å²) in [4.78, 5) is 35.3. The summed E-state index contributed by atoms with van der Waals surface area (Å²) in [6.45, 7) is 16.6. The van der Waals surface area contributed by atoms with Gasteiger partial charge in [-0.1, -0.05) is 13.8 Å². The van der Waals surface area contributed by atoms with Crippen molar-refractivity contribution < 1.29 is 14.3 Å². The molecule has 0 radical (unpaired) electrons. The topological polar surface area (TPSA) is 86.8 Å². The molecule has 8 nitrogen and oxygen atoms in total. The Morgan fingerprint density at radius 1 is 0.913 bits per heavy atom. The monoisotopic (exact) mass is 627 g/mol. The number of nitrogens with zero attached hydrogens (tertiary/aromatic N) is 3. The van der Waals surface area contributed by atoms with Crippen LogP contribution in [0.4, 0.5) is 5.69 Å². The molecule has 46 heavy (non-hydrogen) atoms. The van der Waals surface area contributed by atoms with Gasteiger partial charge in [-0.05, 0) is 124 Å². The fourth-order valence-electron chi connectivity index (χ4n) is 6.38. The van der Waals surface area contributed by atoms with Crippen LogP contribution in [-0.2, 0) is 6.54 Å². The summed E-state index contributed by atoms with van der Waals surface area (Å²) in [6.07, 6.45) is 7.79. The third-order valence-electron chi connectivity index (χ3n) is 9.33. The summed E-state index contributed by atoms with van der Waals surface area (Å²) in [5.74, 6) is 1.23. The summed E-state index contributed by atoms with van der Waals surface area (Å²) >= 11 is 0. The molecule has 2 heterocycles. The van der Waals surface area contributed by atoms with Crippen molar-refractivity contribution in [3.8, 4) is 5.75 Å². The Morgan fingerprint density at radius 3 is 2.15 bits per heavy atom. The van der Waals surface area contributed by atoms with Crippen molar-refractivity contribution in [2.24, 2.45) is 5.92 Å². The van der Waals surface area contributed by atoms with E-state index < -0.39 is 0 Å². The first kappa shape index (κ1) is 35.0. The molecule has 4 rings (SSSR count). The molecule has 1 aliphatic rings. The SMILES string of the molecule is COc1ccc(N(Cc2cnccc2C)C2CCN([C@H](C)CCNC(=O)c3cc(C)c(C(=O)NCCC(C)C)c(C)c3)CC2)cc1. The number of benzene rings is 2. The van der Waals surface area contributed by atoms with Crippen molar-refractivity contribution >= 4 is 17.5 Å². The molecule has 1 atom stereocenters. The van der Waals surface area contributed by atoms with Gasteiger partial charge in [0, 0.05) is 74.0 Å². The van der Waals surface area contributed by atoms with E-state index >= 15 is 0 Å². The predicted molar refractivity (Wildman–Crippen MR) is 187 cm³/mol. The van der Waals surface area contributed by atoms with Crippen LogP contribution >= 0.6 is 0 Å². The molecule has 248 valence electrons. The van der Waals surface area contributed by atoms with Crippen LogP contribution in [0.15, 0.2) is 54.9 Å². The number of nitrogens with one attached hydrogen (secondary N) is 2. The number of amides is 2. The molecule has 0 aliphatic carbocycles. The molecule has 0 saturated carbocycles. The molecule has 2 aromatic carbocycles. The first-order valence-corrected chi connectivity index (χ1v) is 16.8. The highest BCUT2D eigenvalue weighted by Gasteiger charge is 2.28. The number of hydrogen-bond acceptors (Lipinski definition) is 6. The van der Waals surface area contributed by atoms with Crippen molar-refractivity contribution in [1.29, 1.82) is 0 Å². The number of aryl methyl sites for hydroxylation is 3. The molecule has 2 N–H and O–H groups in total. The molecule has 0 bridgehead atoms. The second kappa shape index (κ2) is 16.6. The summed E-state index contributed by atoms with van der Waals surface area (Å²) in [7, 11) is 1.70. The molecule has 8 heteroatoms. The second-order valence-corrected chi connectivity index (χ2v) is 13.2. The van der Waals surface area contributed by atoms with Crippen LogP contribution in [0.1, 0.15) is 89.4 Å². The summed E-state index contributed by atoms with van der Waals surface area (Å²) in [6, 6.07) is 14.9. The van der Waals surface area contributed by atoms with Crippen molar-refractivity contribution in [3.63, 3.8) is 0 Å². The van der Waals surface area contributed by atoms with Crippen LogP contribution in [0.5, 0.6) is 5.75 Å². The van der Waals surface area contributed by atoms with Crippen LogP contribution < -0.4 is 20.3 Å². The molecule has 0 spiro atoms. The van der Waals surface area contributed by atoms with E-state index in [1.54, 1.807) is 7.11 Å². The van der Waals surface area contributed by atoms with Gasteiger partial charge in [-0.3, -0.25) is 14.6 Å². The van der Waals surface area contributed by atoms with E-state index in [9.17, 15) is 9.59 Å². The van der Waals surface area contributed by atoms with Crippen LogP contribution in [0.3, 0.4) is 0 Å². The predicted octanol–water partition coefficient (Wildman–Crippen LogP) is 6.47. The minimum Gasteiger partial charge on any atom is -0.497 e. The van der Waals surface area contributed by atoms with Gasteiger partial charge in [0.25, 0.3) is 11.8 Å². The maximum absolute atomic E-state index is 13.1. The average Bonchev–Trinajstić information content (AvgIpc) is 3.04. The largest absolute Gasteiger partial charge is 0.497 e. The van der Waals surface area contributed by atoms with Crippen LogP contribution in [0.2, 0.25) is 0 Å². The number of hydrogen-bond donors (Lipinski definition) is 2. The Kier molecular flexibility index (Phi) is 12.6. The number of likely N-dealkylation sites (tertiary alicyclic amines) is 1. The van der Waals surface area contributed by atoms with Gasteiger partial charge in [0.2, 0.25) is 0 Å². The maximum atomic E-state index is 13.1. The van der Waals surface area contributed by atoms with Crippen LogP contribution in [-0.4, -0.2) is 67.1 Å². The smallest absolute Gasteiger partial charge is 0.251 e. The number of carbonyl (C=O) groups excluding carboxylic acids is 2. The highest BCUT2D eigenvalue weighted by atomic mass is 16.5. The Balaban J connectivity index is 1.29. The Hall–Kier alpha value is -3.91. The van der Waals surface area contributed by atoms with E-state index in [2.05, 4.69) is 71.3 Å². The molecule has 1 saturated heterocycles. The van der Waals surface area contributed by atoms with Crippen molar-refractivity contribution in [3.05, 3.63) is 88.2 Å². The summed E-state index contributed by atoms with van der Waals surface area (Å²) < 4.78 is 5.41. The average molecular weight is 628 g/mol. The zero-order valence-corrected chi connectivity index (χ0v) is 28.9. The zero-order valence-electron chi connectivity index (χ0n) is 28.9. The normalized spacial score (nSPS) is 14.6. The fourth-order valence-corrected chi connectivity index (χ4v) is 6.38. The third kappa shape index (κ3) is 9.32. The van der Waals surface area contributed by atoms with Gasteiger partial charge in [-0.15, -0.1) is 0 Å². The fraction of sp³-hybridized carbons (Fsp3) is 0.500. The first-order chi connectivity index (χ1) is 22.1. The standard InChI is InChI=1S/C38H53N5O3/c1-26(2)12-18-41-38(45)36-28(4)22-31(23-29(36)5)37(44)40-19-14-30(6)42-20-15-34(16-21-42)43(25-32-24-39-17-13-27(32)3)33-8-10-35(46-7)11-9-33/h8-11,13,17,22-24,26,30,34H,12,14-16,18-21,25H2,1-7H3,(H,40,44)(H,41,45)/t30-/m1/s1. The number of ether oxygens (including phenoxy) is 1. The highest BCUT2D eigenvalue weighted by molar-refractivity contribution is 6.00. The van der Waals surface area contributed by atoms with Gasteiger partial charge >= 0.3 is 0 Å². The zero-order chi connectivity index (χ0) is 33.2. The summed E-state index contributed by atoms with van der Waals surface area (Å²) in [5.41, 5.74) is 6.61. The number of aromatic nitrogens is 1. The molecule has 0 unspecified atom stereocenters. The van der Waals surface area contributed by atoms with Gasteiger partial charge in [0.1, 0.15) is 5.75 Å². The number of rotatable bonds is 14. The molecule has 3 aromatic rings. The lowest BCUT2D eigenvalue weighted by atomic mass is 9.98. The number of pyridine rings is 1. The van der Waals surface area contributed by atoms with Gasteiger partial charge < -0.3 is 25.2 Å².